The minimum atomic E-state index is -0.650. The van der Waals surface area contributed by atoms with E-state index in [4.69, 9.17) is 14.2 Å². The lowest BCUT2D eigenvalue weighted by atomic mass is 9.96. The van der Waals surface area contributed by atoms with Crippen LogP contribution in [0.3, 0.4) is 0 Å². The van der Waals surface area contributed by atoms with E-state index >= 15 is 0 Å². The molecule has 0 saturated heterocycles. The third-order valence-electron chi connectivity index (χ3n) is 5.11. The number of carbonyl (C=O) groups is 1. The van der Waals surface area contributed by atoms with Gasteiger partial charge in [0.1, 0.15) is 17.7 Å². The molecule has 3 aromatic rings. The third-order valence-corrected chi connectivity index (χ3v) is 5.69. The minimum absolute atomic E-state index is 0.0815. The van der Waals surface area contributed by atoms with Gasteiger partial charge in [-0.3, -0.25) is 9.30 Å². The Kier molecular flexibility index (Phi) is 4.39. The number of amides is 1. The molecule has 2 aliphatic heterocycles. The van der Waals surface area contributed by atoms with Crippen molar-refractivity contribution in [2.24, 2.45) is 0 Å². The molecule has 0 saturated carbocycles. The first-order valence-electron chi connectivity index (χ1n) is 9.72. The molecular formula is C21H21BrN4O4. The van der Waals surface area contributed by atoms with Crippen LogP contribution in [0.2, 0.25) is 0 Å². The van der Waals surface area contributed by atoms with Gasteiger partial charge in [0.15, 0.2) is 17.2 Å². The number of ether oxygens (including phenoxy) is 3. The number of fused-ring (bicyclic) bond motifs is 3. The Morgan fingerprint density at radius 2 is 2.00 bits per heavy atom. The summed E-state index contributed by atoms with van der Waals surface area (Å²) in [5.74, 6) is 2.00. The molecule has 0 N–H and O–H groups in total. The van der Waals surface area contributed by atoms with Crippen molar-refractivity contribution < 1.29 is 19.0 Å². The summed E-state index contributed by atoms with van der Waals surface area (Å²) in [5, 5.41) is 8.20. The summed E-state index contributed by atoms with van der Waals surface area (Å²) in [5.41, 5.74) is 2.02. The zero-order valence-electron chi connectivity index (χ0n) is 16.9. The molecule has 1 atom stereocenters. The Morgan fingerprint density at radius 1 is 1.23 bits per heavy atom. The van der Waals surface area contributed by atoms with Crippen LogP contribution in [0.25, 0.3) is 5.65 Å². The molecule has 0 aliphatic carbocycles. The molecule has 156 valence electrons. The maximum atomic E-state index is 13.3. The van der Waals surface area contributed by atoms with E-state index < -0.39 is 11.7 Å². The molecule has 0 fully saturated rings. The summed E-state index contributed by atoms with van der Waals surface area (Å²) >= 11 is 3.53. The molecule has 5 rings (SSSR count). The summed E-state index contributed by atoms with van der Waals surface area (Å²) in [6.07, 6.45) is 1.10. The highest BCUT2D eigenvalue weighted by atomic mass is 79.9. The summed E-state index contributed by atoms with van der Waals surface area (Å²) in [6.45, 7) is 6.82. The van der Waals surface area contributed by atoms with Crippen molar-refractivity contribution >= 4 is 33.5 Å². The fourth-order valence-corrected chi connectivity index (χ4v) is 4.39. The van der Waals surface area contributed by atoms with Crippen LogP contribution in [-0.2, 0) is 11.3 Å². The van der Waals surface area contributed by atoms with Crippen LogP contribution in [0.15, 0.2) is 35.1 Å². The van der Waals surface area contributed by atoms with Crippen LogP contribution >= 0.6 is 15.9 Å². The van der Waals surface area contributed by atoms with Gasteiger partial charge in [0.2, 0.25) is 0 Å². The van der Waals surface area contributed by atoms with Crippen molar-refractivity contribution in [2.75, 3.05) is 18.1 Å². The predicted molar refractivity (Wildman–Crippen MR) is 113 cm³/mol. The van der Waals surface area contributed by atoms with Crippen LogP contribution in [0.1, 0.15) is 37.8 Å². The molecule has 2 aliphatic rings. The Hall–Kier alpha value is -2.81. The van der Waals surface area contributed by atoms with Gasteiger partial charge in [-0.1, -0.05) is 12.1 Å². The number of nitrogens with zero attached hydrogens (tertiary/aromatic N) is 4. The highest BCUT2D eigenvalue weighted by molar-refractivity contribution is 9.10. The number of pyridine rings is 1. The lowest BCUT2D eigenvalue weighted by molar-refractivity contribution is 0.0575. The van der Waals surface area contributed by atoms with Crippen LogP contribution in [0, 0.1) is 0 Å². The average Bonchev–Trinajstić information content (AvgIpc) is 3.31. The van der Waals surface area contributed by atoms with Gasteiger partial charge in [-0.25, -0.2) is 4.79 Å². The third kappa shape index (κ3) is 3.17. The lowest BCUT2D eigenvalue weighted by Gasteiger charge is -2.29. The molecule has 30 heavy (non-hydrogen) atoms. The standard InChI is InChI=1S/C21H21BrN4O4/c1-21(2,3)30-20(27)25-8-12-5-4-6-15-17(12)13(9-28-15)10-29-16-7-14(22)18-24-23-11-26(18)19(16)25/h4-7,11,13H,8-10H2,1-3H3/t13-/m1/s1. The Labute approximate surface area is 181 Å². The second kappa shape index (κ2) is 6.87. The van der Waals surface area contributed by atoms with Crippen LogP contribution in [0.4, 0.5) is 10.6 Å². The molecule has 9 heteroatoms. The van der Waals surface area contributed by atoms with Gasteiger partial charge in [0.05, 0.1) is 30.1 Å². The number of hydrogen-bond acceptors (Lipinski definition) is 6. The van der Waals surface area contributed by atoms with E-state index in [0.29, 0.717) is 37.0 Å². The molecule has 2 aromatic heterocycles. The predicted octanol–water partition coefficient (Wildman–Crippen LogP) is 4.30. The van der Waals surface area contributed by atoms with Gasteiger partial charge in [0, 0.05) is 11.6 Å². The van der Waals surface area contributed by atoms with Crippen LogP contribution in [0.5, 0.6) is 11.5 Å². The first-order valence-corrected chi connectivity index (χ1v) is 10.5. The van der Waals surface area contributed by atoms with Gasteiger partial charge < -0.3 is 14.2 Å². The van der Waals surface area contributed by atoms with Crippen molar-refractivity contribution in [3.05, 3.63) is 46.2 Å². The lowest BCUT2D eigenvalue weighted by Crippen LogP contribution is -2.37. The van der Waals surface area contributed by atoms with Crippen molar-refractivity contribution in [3.8, 4) is 11.5 Å². The maximum absolute atomic E-state index is 13.3. The van der Waals surface area contributed by atoms with Crippen molar-refractivity contribution in [3.63, 3.8) is 0 Å². The number of aromatic nitrogens is 3. The van der Waals surface area contributed by atoms with Gasteiger partial charge in [-0.15, -0.1) is 10.2 Å². The zero-order chi connectivity index (χ0) is 21.0. The Bertz CT molecular complexity index is 1150. The molecule has 0 bridgehead atoms. The van der Waals surface area contributed by atoms with Crippen molar-refractivity contribution in [2.45, 2.75) is 38.8 Å². The molecule has 1 aromatic carbocycles. The average molecular weight is 473 g/mol. The zero-order valence-corrected chi connectivity index (χ0v) is 18.5. The van der Waals surface area contributed by atoms with Crippen molar-refractivity contribution in [1.29, 1.82) is 0 Å². The van der Waals surface area contributed by atoms with Gasteiger partial charge in [-0.05, 0) is 48.3 Å². The smallest absolute Gasteiger partial charge is 0.416 e. The molecule has 8 nitrogen and oxygen atoms in total. The Morgan fingerprint density at radius 3 is 2.77 bits per heavy atom. The number of rotatable bonds is 0. The quantitative estimate of drug-likeness (QED) is 0.485. The summed E-state index contributed by atoms with van der Waals surface area (Å²) in [4.78, 5) is 14.9. The minimum Gasteiger partial charge on any atom is -0.493 e. The molecule has 0 spiro atoms. The highest BCUT2D eigenvalue weighted by Crippen LogP contribution is 2.42. The normalized spacial score (nSPS) is 17.9. The second-order valence-electron chi connectivity index (χ2n) is 8.42. The first-order chi connectivity index (χ1) is 14.3. The number of benzene rings is 1. The summed E-state index contributed by atoms with van der Waals surface area (Å²) < 4.78 is 20.3. The van der Waals surface area contributed by atoms with Gasteiger partial charge >= 0.3 is 6.09 Å². The molecule has 0 radical (unpaired) electrons. The van der Waals surface area contributed by atoms with E-state index in [-0.39, 0.29) is 5.92 Å². The fourth-order valence-electron chi connectivity index (χ4n) is 3.91. The van der Waals surface area contributed by atoms with E-state index in [0.717, 1.165) is 21.3 Å². The molecular weight excluding hydrogens is 452 g/mol. The van der Waals surface area contributed by atoms with Crippen LogP contribution < -0.4 is 14.4 Å². The second-order valence-corrected chi connectivity index (χ2v) is 9.27. The van der Waals surface area contributed by atoms with E-state index in [1.807, 2.05) is 45.0 Å². The molecule has 0 unspecified atom stereocenters. The highest BCUT2D eigenvalue weighted by Gasteiger charge is 2.35. The van der Waals surface area contributed by atoms with E-state index in [1.54, 1.807) is 15.6 Å². The fraction of sp³-hybridized carbons (Fsp3) is 0.381. The molecule has 1 amide bonds. The van der Waals surface area contributed by atoms with Crippen molar-refractivity contribution in [1.82, 2.24) is 14.6 Å². The van der Waals surface area contributed by atoms with Gasteiger partial charge in [-0.2, -0.15) is 0 Å². The largest absolute Gasteiger partial charge is 0.493 e. The Balaban J connectivity index is 1.72. The number of carbonyl (C=O) groups excluding carboxylic acids is 1. The maximum Gasteiger partial charge on any atom is 0.416 e. The van der Waals surface area contributed by atoms with E-state index in [9.17, 15) is 4.79 Å². The first kappa shape index (κ1) is 19.2. The number of anilines is 1. The number of halogens is 1. The SMILES string of the molecule is CC(C)(C)OC(=O)N1Cc2cccc3c2[C@H](CO3)COc2cc(Br)c3nncn3c21. The topological polar surface area (TPSA) is 78.2 Å². The van der Waals surface area contributed by atoms with Crippen LogP contribution in [-0.4, -0.2) is 39.5 Å². The molecule has 4 heterocycles. The monoisotopic (exact) mass is 472 g/mol. The van der Waals surface area contributed by atoms with E-state index in [1.165, 1.54) is 0 Å². The van der Waals surface area contributed by atoms with Gasteiger partial charge in [0.25, 0.3) is 0 Å². The number of hydrogen-bond donors (Lipinski definition) is 0. The van der Waals surface area contributed by atoms with E-state index in [2.05, 4.69) is 26.1 Å². The summed E-state index contributed by atoms with van der Waals surface area (Å²) in [7, 11) is 0. The summed E-state index contributed by atoms with van der Waals surface area (Å²) in [6, 6.07) is 7.74.